The molecule has 1 atom stereocenters. The average Bonchev–Trinajstić information content (AvgIpc) is 3.78. The number of nitrogens with one attached hydrogen (secondary N) is 2. The molecule has 3 amide bonds. The number of alkyl halides is 3. The smallest absolute Gasteiger partial charge is 0.388 e. The Balaban J connectivity index is 0.848. The third-order valence-corrected chi connectivity index (χ3v) is 13.1. The van der Waals surface area contributed by atoms with Crippen molar-refractivity contribution in [1.29, 1.82) is 0 Å². The fourth-order valence-corrected chi connectivity index (χ4v) is 9.15. The van der Waals surface area contributed by atoms with Crippen molar-refractivity contribution in [3.8, 4) is 11.3 Å². The number of amides is 3. The molecule has 2 aliphatic rings. The molecule has 3 aromatic heterocycles. The Labute approximate surface area is 395 Å². The number of aliphatic hydroxyl groups is 1. The number of likely N-dealkylation sites (N-methyl/N-ethyl adjacent to an activating group) is 1. The van der Waals surface area contributed by atoms with Gasteiger partial charge in [0, 0.05) is 93.1 Å². The third kappa shape index (κ3) is 12.3. The molecule has 8 rings (SSSR count). The first-order valence-electron chi connectivity index (χ1n) is 22.8. The highest BCUT2D eigenvalue weighted by Gasteiger charge is 2.37. The summed E-state index contributed by atoms with van der Waals surface area (Å²) in [7, 11) is 2.09. The number of fused-ring (bicyclic) bond motifs is 2. The first-order chi connectivity index (χ1) is 32.6. The number of likely N-dealkylation sites (tertiary alicyclic amines) is 1. The molecule has 0 bridgehead atoms. The van der Waals surface area contributed by atoms with Gasteiger partial charge in [-0.05, 0) is 81.1 Å². The molecule has 358 valence electrons. The standard InChI is InChI=1S/C49H54ClF3N10O5/c1-59-20-22-60(23-21-59)17-13-44(64)57-37-10-12-39-42(26-37)55-32-62(47(39)67)30-48(68)14-18-61(19-15-48)46(66)35(24-33-6-3-2-4-7-33)8-5-16-54-45(65)34-9-11-38-40(50)27-41(58-43(38)25-34)36-28-56-63(29-36)31-49(51,52)53/h2-4,6-7,9-12,25-29,32,35,68H,5,8,13-24,30-31H2,1H3,(H,54,65)(H,57,64). The third-order valence-electron chi connectivity index (χ3n) is 12.8. The molecule has 3 N–H and O–H groups in total. The van der Waals surface area contributed by atoms with Crippen LogP contribution < -0.4 is 16.2 Å². The Hall–Kier alpha value is -6.21. The molecule has 19 heteroatoms. The summed E-state index contributed by atoms with van der Waals surface area (Å²) in [5, 5.41) is 22.6. The van der Waals surface area contributed by atoms with E-state index in [4.69, 9.17) is 11.6 Å². The second-order valence-corrected chi connectivity index (χ2v) is 18.4. The molecule has 6 aromatic rings. The van der Waals surface area contributed by atoms with Crippen LogP contribution in [0.2, 0.25) is 5.02 Å². The summed E-state index contributed by atoms with van der Waals surface area (Å²) >= 11 is 6.52. The number of carbonyl (C=O) groups excluding carboxylic acids is 3. The van der Waals surface area contributed by atoms with Crippen LogP contribution in [0.5, 0.6) is 0 Å². The lowest BCUT2D eigenvalue weighted by Gasteiger charge is -2.39. The zero-order chi connectivity index (χ0) is 48.0. The molecule has 15 nitrogen and oxygen atoms in total. The summed E-state index contributed by atoms with van der Waals surface area (Å²) < 4.78 is 40.9. The highest BCUT2D eigenvalue weighted by molar-refractivity contribution is 6.35. The van der Waals surface area contributed by atoms with Crippen LogP contribution in [0, 0.1) is 5.92 Å². The number of hydrogen-bond donors (Lipinski definition) is 3. The summed E-state index contributed by atoms with van der Waals surface area (Å²) in [4.78, 5) is 69.2. The number of nitrogens with zero attached hydrogens (tertiary/aromatic N) is 8. The van der Waals surface area contributed by atoms with Gasteiger partial charge in [0.2, 0.25) is 11.8 Å². The van der Waals surface area contributed by atoms with Crippen LogP contribution in [0.15, 0.2) is 96.3 Å². The normalized spacial score (nSPS) is 16.2. The van der Waals surface area contributed by atoms with Crippen molar-refractivity contribution in [2.45, 2.75) is 63.4 Å². The van der Waals surface area contributed by atoms with Gasteiger partial charge in [-0.3, -0.25) is 28.4 Å². The maximum absolute atomic E-state index is 14.2. The zero-order valence-electron chi connectivity index (χ0n) is 37.7. The molecule has 3 aromatic carbocycles. The van der Waals surface area contributed by atoms with E-state index >= 15 is 0 Å². The molecule has 2 fully saturated rings. The van der Waals surface area contributed by atoms with E-state index in [1.165, 1.54) is 23.3 Å². The monoisotopic (exact) mass is 954 g/mol. The number of piperazine rings is 1. The molecule has 0 saturated carbocycles. The molecule has 2 aliphatic heterocycles. The minimum absolute atomic E-state index is 0.00715. The fourth-order valence-electron chi connectivity index (χ4n) is 8.89. The maximum atomic E-state index is 14.2. The van der Waals surface area contributed by atoms with Crippen LogP contribution in [0.4, 0.5) is 18.9 Å². The van der Waals surface area contributed by atoms with Gasteiger partial charge in [-0.2, -0.15) is 18.3 Å². The number of hydrogen-bond acceptors (Lipinski definition) is 10. The van der Waals surface area contributed by atoms with E-state index in [1.54, 1.807) is 47.4 Å². The summed E-state index contributed by atoms with van der Waals surface area (Å²) in [5.74, 6) is -0.921. The molecular weight excluding hydrogens is 901 g/mol. The summed E-state index contributed by atoms with van der Waals surface area (Å²) in [6, 6.07) is 21.1. The predicted octanol–water partition coefficient (Wildman–Crippen LogP) is 6.02. The number of halogens is 4. The minimum Gasteiger partial charge on any atom is -0.388 e. The van der Waals surface area contributed by atoms with Gasteiger partial charge in [-0.15, -0.1) is 0 Å². The Morgan fingerprint density at radius 2 is 1.68 bits per heavy atom. The lowest BCUT2D eigenvalue weighted by molar-refractivity contribution is -0.143. The van der Waals surface area contributed by atoms with E-state index in [0.29, 0.717) is 94.7 Å². The number of aromatic nitrogens is 5. The van der Waals surface area contributed by atoms with Crippen molar-refractivity contribution >= 4 is 56.8 Å². The van der Waals surface area contributed by atoms with Crippen molar-refractivity contribution in [2.75, 3.05) is 64.7 Å². The average molecular weight is 955 g/mol. The SMILES string of the molecule is CN1CCN(CCC(=O)Nc2ccc3c(=O)n(CC4(O)CCN(C(=O)C(CCCNC(=O)c5ccc6c(Cl)cc(-c7cnn(CC(F)(F)F)c7)nc6c5)Cc5ccccc5)CC4)cnc3c2)CC1. The molecule has 5 heterocycles. The second-order valence-electron chi connectivity index (χ2n) is 18.0. The van der Waals surface area contributed by atoms with E-state index < -0.39 is 24.2 Å². The van der Waals surface area contributed by atoms with Gasteiger partial charge in [0.1, 0.15) is 6.54 Å². The Morgan fingerprint density at radius 1 is 0.926 bits per heavy atom. The lowest BCUT2D eigenvalue weighted by Crippen LogP contribution is -2.51. The van der Waals surface area contributed by atoms with Gasteiger partial charge in [-0.1, -0.05) is 48.0 Å². The number of piperidine rings is 1. The molecule has 68 heavy (non-hydrogen) atoms. The predicted molar refractivity (Wildman–Crippen MR) is 253 cm³/mol. The maximum Gasteiger partial charge on any atom is 0.408 e. The van der Waals surface area contributed by atoms with Crippen molar-refractivity contribution in [3.05, 3.63) is 118 Å². The number of anilines is 1. The molecule has 2 saturated heterocycles. The van der Waals surface area contributed by atoms with Crippen molar-refractivity contribution in [2.24, 2.45) is 5.92 Å². The summed E-state index contributed by atoms with van der Waals surface area (Å²) in [6.45, 7) is 4.13. The minimum atomic E-state index is -4.44. The first kappa shape index (κ1) is 48.3. The molecular formula is C49H54ClF3N10O5. The van der Waals surface area contributed by atoms with E-state index in [9.17, 15) is 37.5 Å². The largest absolute Gasteiger partial charge is 0.408 e. The van der Waals surface area contributed by atoms with Crippen LogP contribution >= 0.6 is 11.6 Å². The number of carbonyl (C=O) groups is 3. The Kier molecular flexibility index (Phi) is 14.9. The van der Waals surface area contributed by atoms with E-state index in [0.717, 1.165) is 36.4 Å². The van der Waals surface area contributed by atoms with Crippen molar-refractivity contribution in [1.82, 2.24) is 44.3 Å². The highest BCUT2D eigenvalue weighted by Crippen LogP contribution is 2.30. The van der Waals surface area contributed by atoms with Gasteiger partial charge in [0.25, 0.3) is 11.5 Å². The van der Waals surface area contributed by atoms with E-state index in [1.807, 2.05) is 30.3 Å². The Bertz CT molecular complexity index is 2820. The number of pyridine rings is 1. The molecule has 0 aliphatic carbocycles. The number of benzene rings is 3. The van der Waals surface area contributed by atoms with Crippen LogP contribution in [-0.2, 0) is 29.1 Å². The highest BCUT2D eigenvalue weighted by atomic mass is 35.5. The molecule has 1 unspecified atom stereocenters. The van der Waals surface area contributed by atoms with E-state index in [-0.39, 0.29) is 49.2 Å². The lowest BCUT2D eigenvalue weighted by atomic mass is 9.88. The van der Waals surface area contributed by atoms with Gasteiger partial charge in [0.05, 0.1) is 51.8 Å². The van der Waals surface area contributed by atoms with Gasteiger partial charge in [0.15, 0.2) is 0 Å². The van der Waals surface area contributed by atoms with E-state index in [2.05, 4.69) is 42.5 Å². The zero-order valence-corrected chi connectivity index (χ0v) is 38.5. The Morgan fingerprint density at radius 3 is 2.43 bits per heavy atom. The van der Waals surface area contributed by atoms with Crippen LogP contribution in [-0.4, -0.2) is 133 Å². The fraction of sp³-hybridized carbons (Fsp3) is 0.408. The second kappa shape index (κ2) is 21.0. The van der Waals surface area contributed by atoms with Crippen LogP contribution in [0.1, 0.15) is 48.0 Å². The first-order valence-corrected chi connectivity index (χ1v) is 23.2. The van der Waals surface area contributed by atoms with Gasteiger partial charge >= 0.3 is 6.18 Å². The number of rotatable bonds is 16. The summed E-state index contributed by atoms with van der Waals surface area (Å²) in [5.41, 5.74) is 1.78. The van der Waals surface area contributed by atoms with Gasteiger partial charge < -0.3 is 30.4 Å². The molecule has 0 radical (unpaired) electrons. The van der Waals surface area contributed by atoms with Gasteiger partial charge in [-0.25, -0.2) is 9.97 Å². The quantitative estimate of drug-likeness (QED) is 0.0976. The van der Waals surface area contributed by atoms with Crippen LogP contribution in [0.3, 0.4) is 0 Å². The van der Waals surface area contributed by atoms with Crippen molar-refractivity contribution in [3.63, 3.8) is 0 Å². The topological polar surface area (TPSA) is 171 Å². The molecule has 0 spiro atoms. The van der Waals surface area contributed by atoms with Crippen LogP contribution in [0.25, 0.3) is 33.1 Å². The van der Waals surface area contributed by atoms with Crippen molar-refractivity contribution < 1.29 is 32.7 Å². The summed E-state index contributed by atoms with van der Waals surface area (Å²) in [6.07, 6.45) is 1.84.